The van der Waals surface area contributed by atoms with Crippen LogP contribution >= 0.6 is 0 Å². The van der Waals surface area contributed by atoms with Gasteiger partial charge < -0.3 is 45.5 Å². The number of hydrogen-bond acceptors (Lipinski definition) is 10. The van der Waals surface area contributed by atoms with E-state index < -0.39 is 0 Å². The summed E-state index contributed by atoms with van der Waals surface area (Å²) in [7, 11) is 0. The van der Waals surface area contributed by atoms with Crippen LogP contribution in [0.2, 0.25) is 0 Å². The van der Waals surface area contributed by atoms with Crippen molar-refractivity contribution >= 4 is 34.1 Å². The summed E-state index contributed by atoms with van der Waals surface area (Å²) in [6.07, 6.45) is 5.81. The van der Waals surface area contributed by atoms with E-state index in [4.69, 9.17) is 24.7 Å². The normalized spacial score (nSPS) is 14.8. The SMILES string of the molecule is CCC(CCOC(C)C)NC(C)(CCOC(C)C)Nc1ccc(Nc2ccc(Cc3ccc(N(c4ccc(NC(C)(C)COC(C)N)cc4)C(C)(CC)CCOC(C)C)cc3)cc2)cc1. The summed E-state index contributed by atoms with van der Waals surface area (Å²) in [5.41, 5.74) is 14.1. The van der Waals surface area contributed by atoms with Crippen LogP contribution in [-0.2, 0) is 25.4 Å². The maximum atomic E-state index is 6.09. The molecule has 0 bridgehead atoms. The van der Waals surface area contributed by atoms with Gasteiger partial charge in [0.05, 0.1) is 42.7 Å². The molecule has 10 heteroatoms. The van der Waals surface area contributed by atoms with Crippen LogP contribution in [0.3, 0.4) is 0 Å². The lowest BCUT2D eigenvalue weighted by molar-refractivity contribution is 0.0475. The number of nitrogens with one attached hydrogen (secondary N) is 4. The van der Waals surface area contributed by atoms with Crippen LogP contribution in [0.5, 0.6) is 0 Å². The summed E-state index contributed by atoms with van der Waals surface area (Å²) in [6, 6.07) is 35.5. The molecule has 0 saturated heterocycles. The summed E-state index contributed by atoms with van der Waals surface area (Å²) in [6.45, 7) is 30.3. The Kier molecular flexibility index (Phi) is 21.1. The highest BCUT2D eigenvalue weighted by atomic mass is 16.5. The first-order valence-corrected chi connectivity index (χ1v) is 24.3. The van der Waals surface area contributed by atoms with Gasteiger partial charge in [0.15, 0.2) is 0 Å². The average Bonchev–Trinajstić information content (AvgIpc) is 3.25. The van der Waals surface area contributed by atoms with Crippen LogP contribution in [0.15, 0.2) is 97.1 Å². The Balaban J connectivity index is 1.43. The van der Waals surface area contributed by atoms with Crippen molar-refractivity contribution < 1.29 is 18.9 Å². The third-order valence-corrected chi connectivity index (χ3v) is 11.8. The second-order valence-corrected chi connectivity index (χ2v) is 19.8. The fraction of sp³-hybridized carbons (Fsp3) is 0.564. The Morgan fingerprint density at radius 3 is 1.51 bits per heavy atom. The molecule has 0 fully saturated rings. The first kappa shape index (κ1) is 53.5. The van der Waals surface area contributed by atoms with E-state index in [9.17, 15) is 0 Å². The Labute approximate surface area is 394 Å². The van der Waals surface area contributed by atoms with Gasteiger partial charge in [0.2, 0.25) is 0 Å². The molecule has 0 radical (unpaired) electrons. The minimum Gasteiger partial charge on any atom is -0.379 e. The van der Waals surface area contributed by atoms with Crippen LogP contribution in [0, 0.1) is 0 Å². The summed E-state index contributed by atoms with van der Waals surface area (Å²) in [4.78, 5) is 2.49. The van der Waals surface area contributed by atoms with Crippen molar-refractivity contribution in [2.75, 3.05) is 47.3 Å². The predicted octanol–water partition coefficient (Wildman–Crippen LogP) is 12.8. The molecule has 360 valence electrons. The zero-order chi connectivity index (χ0) is 47.6. The lowest BCUT2D eigenvalue weighted by atomic mass is 9.90. The van der Waals surface area contributed by atoms with E-state index in [1.807, 2.05) is 6.92 Å². The lowest BCUT2D eigenvalue weighted by Gasteiger charge is -2.43. The van der Waals surface area contributed by atoms with Crippen molar-refractivity contribution in [1.82, 2.24) is 5.32 Å². The van der Waals surface area contributed by atoms with Crippen molar-refractivity contribution in [3.63, 3.8) is 0 Å². The zero-order valence-electron chi connectivity index (χ0n) is 42.4. The van der Waals surface area contributed by atoms with E-state index >= 15 is 0 Å². The van der Waals surface area contributed by atoms with Gasteiger partial charge in [-0.2, -0.15) is 0 Å². The molecule has 4 aromatic rings. The Bertz CT molecular complexity index is 1920. The summed E-state index contributed by atoms with van der Waals surface area (Å²) >= 11 is 0. The first-order valence-electron chi connectivity index (χ1n) is 24.3. The average molecular weight is 895 g/mol. The van der Waals surface area contributed by atoms with Crippen molar-refractivity contribution in [3.8, 4) is 0 Å². The van der Waals surface area contributed by atoms with Gasteiger partial charge in [-0.25, -0.2) is 0 Å². The highest BCUT2D eigenvalue weighted by Gasteiger charge is 2.32. The molecule has 65 heavy (non-hydrogen) atoms. The van der Waals surface area contributed by atoms with Gasteiger partial charge in [0, 0.05) is 65.3 Å². The molecule has 4 aromatic carbocycles. The van der Waals surface area contributed by atoms with Gasteiger partial charge in [-0.3, -0.25) is 5.32 Å². The standard InChI is InChI=1S/C55H86N6O4/c1-14-46(32-35-62-40(3)4)59-55(13,34-37-64-42(7)8)60-50-24-22-48(23-25-50)57-47-20-16-44(17-21-47)38-45-18-28-51(29-19-45)61(54(12,15-2)33-36-63-41(5)6)52-30-26-49(27-31-52)58-53(10,11)39-65-43(9)56/h16-31,40-43,46,57-60H,14-15,32-39,56H2,1-13H3. The maximum Gasteiger partial charge on any atom is 0.102 e. The predicted molar refractivity (Wildman–Crippen MR) is 276 cm³/mol. The van der Waals surface area contributed by atoms with Gasteiger partial charge in [-0.15, -0.1) is 0 Å². The summed E-state index contributed by atoms with van der Waals surface area (Å²) < 4.78 is 23.7. The smallest absolute Gasteiger partial charge is 0.102 e. The van der Waals surface area contributed by atoms with E-state index in [0.717, 1.165) is 79.3 Å². The van der Waals surface area contributed by atoms with Gasteiger partial charge in [0.1, 0.15) is 6.23 Å². The van der Waals surface area contributed by atoms with Crippen LogP contribution in [0.1, 0.15) is 133 Å². The quantitative estimate of drug-likeness (QED) is 0.0324. The highest BCUT2D eigenvalue weighted by molar-refractivity contribution is 5.68. The van der Waals surface area contributed by atoms with Crippen LogP contribution < -0.4 is 31.9 Å². The Morgan fingerprint density at radius 2 is 1.00 bits per heavy atom. The molecule has 0 spiro atoms. The molecule has 10 nitrogen and oxygen atoms in total. The summed E-state index contributed by atoms with van der Waals surface area (Å²) in [5.74, 6) is 0. The van der Waals surface area contributed by atoms with Crippen molar-refractivity contribution in [2.24, 2.45) is 5.73 Å². The molecule has 0 saturated carbocycles. The van der Waals surface area contributed by atoms with E-state index in [0.29, 0.717) is 25.9 Å². The first-order chi connectivity index (χ1) is 30.8. The minimum absolute atomic E-state index is 0.170. The molecule has 4 rings (SSSR count). The van der Waals surface area contributed by atoms with Crippen molar-refractivity contribution in [3.05, 3.63) is 108 Å². The van der Waals surface area contributed by atoms with E-state index in [1.54, 1.807) is 0 Å². The molecule has 0 aromatic heterocycles. The fourth-order valence-electron chi connectivity index (χ4n) is 7.97. The maximum absolute atomic E-state index is 6.09. The van der Waals surface area contributed by atoms with Gasteiger partial charge in [-0.1, -0.05) is 38.1 Å². The molecule has 0 aliphatic carbocycles. The molecule has 6 N–H and O–H groups in total. The largest absolute Gasteiger partial charge is 0.379 e. The second kappa shape index (κ2) is 25.7. The molecule has 4 atom stereocenters. The van der Waals surface area contributed by atoms with Crippen molar-refractivity contribution in [2.45, 2.75) is 176 Å². The van der Waals surface area contributed by atoms with E-state index in [-0.39, 0.29) is 41.3 Å². The number of nitrogens with two attached hydrogens (primary N) is 1. The lowest BCUT2D eigenvalue weighted by Crippen LogP contribution is -2.54. The monoisotopic (exact) mass is 895 g/mol. The molecule has 0 aliphatic rings. The molecular formula is C55H86N6O4. The molecule has 4 unspecified atom stereocenters. The zero-order valence-corrected chi connectivity index (χ0v) is 42.4. The van der Waals surface area contributed by atoms with Crippen LogP contribution in [-0.4, -0.2) is 73.7 Å². The fourth-order valence-corrected chi connectivity index (χ4v) is 7.97. The van der Waals surface area contributed by atoms with E-state index in [1.165, 1.54) is 11.1 Å². The third kappa shape index (κ3) is 18.6. The molecular weight excluding hydrogens is 809 g/mol. The number of hydrogen-bond donors (Lipinski definition) is 5. The number of benzene rings is 4. The Morgan fingerprint density at radius 1 is 0.554 bits per heavy atom. The third-order valence-electron chi connectivity index (χ3n) is 11.8. The number of nitrogens with zero attached hydrogens (tertiary/aromatic N) is 1. The van der Waals surface area contributed by atoms with Gasteiger partial charge in [0.25, 0.3) is 0 Å². The van der Waals surface area contributed by atoms with Crippen molar-refractivity contribution in [1.29, 1.82) is 0 Å². The van der Waals surface area contributed by atoms with Crippen LogP contribution in [0.25, 0.3) is 0 Å². The number of rotatable bonds is 30. The van der Waals surface area contributed by atoms with E-state index in [2.05, 4.69) is 206 Å². The van der Waals surface area contributed by atoms with Gasteiger partial charge >= 0.3 is 0 Å². The number of ether oxygens (including phenoxy) is 4. The molecule has 0 amide bonds. The molecule has 0 heterocycles. The Hall–Kier alpha value is -4.16. The minimum atomic E-state index is -0.348. The van der Waals surface area contributed by atoms with Gasteiger partial charge in [-0.05, 0) is 192 Å². The second-order valence-electron chi connectivity index (χ2n) is 19.8. The van der Waals surface area contributed by atoms with Crippen LogP contribution in [0.4, 0.5) is 34.1 Å². The topological polar surface area (TPSA) is 114 Å². The summed E-state index contributed by atoms with van der Waals surface area (Å²) in [5, 5.41) is 14.9. The molecule has 0 aliphatic heterocycles. The highest BCUT2D eigenvalue weighted by Crippen LogP contribution is 2.38. The number of anilines is 6.